The SMILES string of the molecule is CC(=O)[C@@]1(C)[C@H](C)C[C@H]2[C@@H]3C=CC4=CC(=O)CC[C@]4(C)[C@H]3CC[C@@]21C. The van der Waals surface area contributed by atoms with Crippen LogP contribution in [0.15, 0.2) is 23.8 Å². The molecule has 0 bridgehead atoms. The molecule has 0 N–H and O–H groups in total. The van der Waals surface area contributed by atoms with Crippen molar-refractivity contribution in [1.82, 2.24) is 0 Å². The van der Waals surface area contributed by atoms with Crippen LogP contribution in [0.3, 0.4) is 0 Å². The van der Waals surface area contributed by atoms with E-state index >= 15 is 0 Å². The number of allylic oxidation sites excluding steroid dienone is 4. The summed E-state index contributed by atoms with van der Waals surface area (Å²) < 4.78 is 0. The van der Waals surface area contributed by atoms with Crippen molar-refractivity contribution in [3.63, 3.8) is 0 Å². The fourth-order valence-electron chi connectivity index (χ4n) is 7.33. The maximum atomic E-state index is 12.7. The van der Waals surface area contributed by atoms with Gasteiger partial charge in [0.05, 0.1) is 0 Å². The summed E-state index contributed by atoms with van der Waals surface area (Å²) in [7, 11) is 0. The summed E-state index contributed by atoms with van der Waals surface area (Å²) in [4.78, 5) is 24.6. The average molecular weight is 341 g/mol. The third-order valence-corrected chi connectivity index (χ3v) is 9.42. The molecule has 4 rings (SSSR count). The molecule has 0 aromatic carbocycles. The topological polar surface area (TPSA) is 34.1 Å². The van der Waals surface area contributed by atoms with Gasteiger partial charge in [-0.1, -0.05) is 39.8 Å². The molecule has 2 nitrogen and oxygen atoms in total. The molecular formula is C23H32O2. The molecule has 0 spiro atoms. The van der Waals surface area contributed by atoms with Crippen LogP contribution in [0.1, 0.15) is 66.7 Å². The summed E-state index contributed by atoms with van der Waals surface area (Å²) in [5.74, 6) is 2.87. The minimum absolute atomic E-state index is 0.103. The Balaban J connectivity index is 1.78. The highest BCUT2D eigenvalue weighted by Crippen LogP contribution is 2.70. The van der Waals surface area contributed by atoms with Gasteiger partial charge in [-0.3, -0.25) is 9.59 Å². The Morgan fingerprint density at radius 1 is 1.16 bits per heavy atom. The molecule has 2 heteroatoms. The van der Waals surface area contributed by atoms with Crippen LogP contribution in [0.4, 0.5) is 0 Å². The summed E-state index contributed by atoms with van der Waals surface area (Å²) in [6.45, 7) is 11.1. The Morgan fingerprint density at radius 2 is 1.88 bits per heavy atom. The number of hydrogen-bond acceptors (Lipinski definition) is 2. The van der Waals surface area contributed by atoms with Crippen molar-refractivity contribution in [1.29, 1.82) is 0 Å². The van der Waals surface area contributed by atoms with Gasteiger partial charge in [-0.25, -0.2) is 0 Å². The van der Waals surface area contributed by atoms with E-state index < -0.39 is 0 Å². The zero-order valence-corrected chi connectivity index (χ0v) is 16.4. The molecule has 0 aliphatic heterocycles. The van der Waals surface area contributed by atoms with E-state index in [9.17, 15) is 9.59 Å². The number of hydrogen-bond donors (Lipinski definition) is 0. The first-order chi connectivity index (χ1) is 11.6. The van der Waals surface area contributed by atoms with Gasteiger partial charge >= 0.3 is 0 Å². The van der Waals surface area contributed by atoms with Crippen LogP contribution in [0.2, 0.25) is 0 Å². The quantitative estimate of drug-likeness (QED) is 0.662. The molecule has 0 aromatic heterocycles. The molecule has 0 amide bonds. The van der Waals surface area contributed by atoms with Crippen LogP contribution < -0.4 is 0 Å². The van der Waals surface area contributed by atoms with E-state index in [1.807, 2.05) is 13.0 Å². The van der Waals surface area contributed by atoms with Crippen molar-refractivity contribution in [3.8, 4) is 0 Å². The lowest BCUT2D eigenvalue weighted by atomic mass is 9.46. The molecule has 2 saturated carbocycles. The molecule has 4 aliphatic rings. The van der Waals surface area contributed by atoms with E-state index in [4.69, 9.17) is 0 Å². The predicted octanol–water partition coefficient (Wildman–Crippen LogP) is 5.14. The van der Waals surface area contributed by atoms with Crippen molar-refractivity contribution in [3.05, 3.63) is 23.8 Å². The molecule has 7 atom stereocenters. The number of fused-ring (bicyclic) bond motifs is 5. The minimum atomic E-state index is -0.198. The van der Waals surface area contributed by atoms with Crippen molar-refractivity contribution in [2.45, 2.75) is 66.7 Å². The van der Waals surface area contributed by atoms with Crippen LogP contribution in [0.25, 0.3) is 0 Å². The Labute approximate surface area is 152 Å². The third-order valence-electron chi connectivity index (χ3n) is 9.42. The summed E-state index contributed by atoms with van der Waals surface area (Å²) in [6.07, 6.45) is 11.7. The molecule has 0 heterocycles. The standard InChI is InChI=1S/C23H32O2/c1-14-12-20-18-7-6-16-13-17(25)8-10-21(16,3)19(18)9-11-22(20,4)23(14,5)15(2)24/h6-7,13-14,18-20H,8-12H2,1-5H3/t14-,18-,19+,20+,21+,22+,23-/m1/s1. The highest BCUT2D eigenvalue weighted by atomic mass is 16.1. The van der Waals surface area contributed by atoms with Gasteiger partial charge in [0.15, 0.2) is 5.78 Å². The maximum absolute atomic E-state index is 12.7. The van der Waals surface area contributed by atoms with Gasteiger partial charge in [-0.15, -0.1) is 0 Å². The maximum Gasteiger partial charge on any atom is 0.156 e. The number of ketones is 2. The highest BCUT2D eigenvalue weighted by Gasteiger charge is 2.65. The van der Waals surface area contributed by atoms with Crippen LogP contribution in [0, 0.1) is 39.9 Å². The second-order valence-corrected chi connectivity index (χ2v) is 9.98. The fraction of sp³-hybridized carbons (Fsp3) is 0.739. The number of Topliss-reactive ketones (excluding diaryl/α,β-unsaturated/α-hetero) is 1. The van der Waals surface area contributed by atoms with Crippen molar-refractivity contribution < 1.29 is 9.59 Å². The summed E-state index contributed by atoms with van der Waals surface area (Å²) in [5.41, 5.74) is 1.31. The zero-order valence-electron chi connectivity index (χ0n) is 16.4. The van der Waals surface area contributed by atoms with E-state index in [0.717, 1.165) is 19.3 Å². The van der Waals surface area contributed by atoms with E-state index in [1.165, 1.54) is 12.0 Å². The minimum Gasteiger partial charge on any atom is -0.299 e. The fourth-order valence-corrected chi connectivity index (χ4v) is 7.33. The van der Waals surface area contributed by atoms with Gasteiger partial charge in [0, 0.05) is 11.8 Å². The first-order valence-electron chi connectivity index (χ1n) is 10.1. The van der Waals surface area contributed by atoms with E-state index in [-0.39, 0.29) is 22.0 Å². The first-order valence-corrected chi connectivity index (χ1v) is 10.1. The van der Waals surface area contributed by atoms with E-state index in [2.05, 4.69) is 39.8 Å². The van der Waals surface area contributed by atoms with Crippen molar-refractivity contribution in [2.24, 2.45) is 39.9 Å². The molecular weight excluding hydrogens is 308 g/mol. The summed E-state index contributed by atoms with van der Waals surface area (Å²) in [6, 6.07) is 0. The first kappa shape index (κ1) is 17.2. The highest BCUT2D eigenvalue weighted by molar-refractivity contribution is 5.92. The van der Waals surface area contributed by atoms with Crippen molar-refractivity contribution >= 4 is 11.6 Å². The Morgan fingerprint density at radius 3 is 2.56 bits per heavy atom. The van der Waals surface area contributed by atoms with Crippen molar-refractivity contribution in [2.75, 3.05) is 0 Å². The molecule has 0 radical (unpaired) electrons. The monoisotopic (exact) mass is 340 g/mol. The Kier molecular flexibility index (Phi) is 3.57. The smallest absolute Gasteiger partial charge is 0.156 e. The second kappa shape index (κ2) is 5.18. The van der Waals surface area contributed by atoms with Gasteiger partial charge in [0.25, 0.3) is 0 Å². The average Bonchev–Trinajstić information content (AvgIpc) is 2.77. The number of carbonyl (C=O) groups is 2. The van der Waals surface area contributed by atoms with Crippen LogP contribution in [-0.2, 0) is 9.59 Å². The predicted molar refractivity (Wildman–Crippen MR) is 100.0 cm³/mol. The molecule has 0 unspecified atom stereocenters. The second-order valence-electron chi connectivity index (χ2n) is 9.98. The van der Waals surface area contributed by atoms with Gasteiger partial charge in [0.1, 0.15) is 5.78 Å². The van der Waals surface area contributed by atoms with Gasteiger partial charge < -0.3 is 0 Å². The van der Waals surface area contributed by atoms with Gasteiger partial charge in [-0.2, -0.15) is 0 Å². The van der Waals surface area contributed by atoms with Crippen LogP contribution >= 0.6 is 0 Å². The number of rotatable bonds is 1. The zero-order chi connectivity index (χ0) is 18.2. The largest absolute Gasteiger partial charge is 0.299 e. The Hall–Kier alpha value is -1.18. The number of carbonyl (C=O) groups excluding carboxylic acids is 2. The molecule has 4 aliphatic carbocycles. The molecule has 0 aromatic rings. The van der Waals surface area contributed by atoms with Gasteiger partial charge in [0.2, 0.25) is 0 Å². The lowest BCUT2D eigenvalue weighted by Gasteiger charge is -2.57. The summed E-state index contributed by atoms with van der Waals surface area (Å²) in [5, 5.41) is 0. The van der Waals surface area contributed by atoms with Crippen LogP contribution in [0.5, 0.6) is 0 Å². The molecule has 136 valence electrons. The van der Waals surface area contributed by atoms with E-state index in [1.54, 1.807) is 0 Å². The normalized spacial score (nSPS) is 51.4. The van der Waals surface area contributed by atoms with Gasteiger partial charge in [-0.05, 0) is 78.8 Å². The molecule has 25 heavy (non-hydrogen) atoms. The molecule has 0 saturated heterocycles. The molecule has 2 fully saturated rings. The lowest BCUT2D eigenvalue weighted by molar-refractivity contribution is -0.139. The third kappa shape index (κ3) is 1.97. The van der Waals surface area contributed by atoms with Crippen LogP contribution in [-0.4, -0.2) is 11.6 Å². The lowest BCUT2D eigenvalue weighted by Crippen LogP contribution is -2.52. The summed E-state index contributed by atoms with van der Waals surface area (Å²) >= 11 is 0. The van der Waals surface area contributed by atoms with E-state index in [0.29, 0.717) is 35.9 Å². The Bertz CT molecular complexity index is 701.